The Morgan fingerprint density at radius 3 is 2.76 bits per heavy atom. The van der Waals surface area contributed by atoms with Gasteiger partial charge in [-0.05, 0) is 55.3 Å². The van der Waals surface area contributed by atoms with Crippen molar-refractivity contribution in [2.24, 2.45) is 10.6 Å². The van der Waals surface area contributed by atoms with Crippen LogP contribution >= 0.6 is 11.3 Å². The third-order valence-electron chi connectivity index (χ3n) is 9.00. The third-order valence-corrected chi connectivity index (χ3v) is 10.1. The van der Waals surface area contributed by atoms with Crippen molar-refractivity contribution >= 4 is 44.6 Å². The smallest absolute Gasteiger partial charge is 0.387 e. The van der Waals surface area contributed by atoms with E-state index in [1.807, 2.05) is 0 Å². The number of nitriles is 1. The van der Waals surface area contributed by atoms with E-state index in [1.54, 1.807) is 23.4 Å². The van der Waals surface area contributed by atoms with Crippen molar-refractivity contribution in [2.75, 3.05) is 25.0 Å². The summed E-state index contributed by atoms with van der Waals surface area (Å²) in [6.45, 7) is -1.74. The van der Waals surface area contributed by atoms with Gasteiger partial charge in [0.15, 0.2) is 11.9 Å². The minimum absolute atomic E-state index is 0.0108. The fourth-order valence-corrected chi connectivity index (χ4v) is 7.02. The highest BCUT2D eigenvalue weighted by Crippen LogP contribution is 2.44. The summed E-state index contributed by atoms with van der Waals surface area (Å²) in [7, 11) is 0. The van der Waals surface area contributed by atoms with Crippen LogP contribution in [0.4, 0.5) is 14.5 Å². The summed E-state index contributed by atoms with van der Waals surface area (Å²) in [4.78, 5) is 42.4. The molecule has 0 spiro atoms. The molecule has 5 aromatic rings. The van der Waals surface area contributed by atoms with Crippen molar-refractivity contribution in [1.82, 2.24) is 34.6 Å². The number of nitrogens with zero attached hydrogens (tertiary/aromatic N) is 8. The molecule has 1 saturated heterocycles. The zero-order chi connectivity index (χ0) is 35.0. The highest BCUT2D eigenvalue weighted by atomic mass is 32.1. The van der Waals surface area contributed by atoms with E-state index >= 15 is 0 Å². The van der Waals surface area contributed by atoms with Gasteiger partial charge < -0.3 is 25.4 Å². The number of anilines is 1. The van der Waals surface area contributed by atoms with Crippen LogP contribution in [0.3, 0.4) is 0 Å². The number of likely N-dealkylation sites (tertiary alicyclic amines) is 1. The topological polar surface area (TPSA) is 192 Å². The molecule has 2 fully saturated rings. The Morgan fingerprint density at radius 2 is 2.04 bits per heavy atom. The monoisotopic (exact) mass is 704 g/mol. The molecule has 2 aliphatic rings. The number of fused-ring (bicyclic) bond motifs is 2. The number of halogens is 2. The summed E-state index contributed by atoms with van der Waals surface area (Å²) in [5.41, 5.74) is 0.763. The van der Waals surface area contributed by atoms with Crippen molar-refractivity contribution in [2.45, 2.75) is 51.1 Å². The van der Waals surface area contributed by atoms with Gasteiger partial charge in [0.05, 0.1) is 33.8 Å². The average Bonchev–Trinajstić information content (AvgIpc) is 3.38. The molecule has 0 radical (unpaired) electrons. The minimum atomic E-state index is -3.22. The van der Waals surface area contributed by atoms with Gasteiger partial charge in [-0.2, -0.15) is 24.2 Å². The van der Waals surface area contributed by atoms with Gasteiger partial charge >= 0.3 is 12.5 Å². The molecule has 1 atom stereocenters. The molecular weight excluding hydrogens is 674 g/mol. The number of aromatic nitrogens is 5. The first-order chi connectivity index (χ1) is 24.1. The number of alkyl halides is 2. The second-order valence-electron chi connectivity index (χ2n) is 12.3. The molecule has 50 heavy (non-hydrogen) atoms. The van der Waals surface area contributed by atoms with Crippen LogP contribution in [-0.2, 0) is 11.3 Å². The number of aliphatic hydroxyl groups is 1. The van der Waals surface area contributed by atoms with Gasteiger partial charge in [0.2, 0.25) is 5.91 Å². The van der Waals surface area contributed by atoms with E-state index in [4.69, 9.17) is 4.74 Å². The Labute approximate surface area is 286 Å². The largest absolute Gasteiger partial charge is 0.434 e. The van der Waals surface area contributed by atoms with Crippen LogP contribution in [0.5, 0.6) is 5.75 Å². The lowest BCUT2D eigenvalue weighted by molar-refractivity contribution is -0.133. The fraction of sp³-hybridized carbons (Fsp3) is 0.375. The molecule has 258 valence electrons. The predicted octanol–water partition coefficient (Wildman–Crippen LogP) is 4.30. The number of nitrogens with one attached hydrogen (secondary N) is 2. The van der Waals surface area contributed by atoms with Gasteiger partial charge in [-0.1, -0.05) is 0 Å². The van der Waals surface area contributed by atoms with Gasteiger partial charge in [0.25, 0.3) is 0 Å². The number of hydrogen-bond acceptors (Lipinski definition) is 12. The molecule has 3 N–H and O–H groups in total. The summed E-state index contributed by atoms with van der Waals surface area (Å²) in [6.07, 6.45) is 7.98. The highest BCUT2D eigenvalue weighted by molar-refractivity contribution is 7.20. The Balaban J connectivity index is 1.18. The van der Waals surface area contributed by atoms with Crippen LogP contribution in [-0.4, -0.2) is 78.5 Å². The molecule has 1 saturated carbocycles. The number of hydrogen-bond donors (Lipinski definition) is 3. The van der Waals surface area contributed by atoms with Crippen molar-refractivity contribution in [3.8, 4) is 23.1 Å². The molecule has 7 rings (SSSR count). The Kier molecular flexibility index (Phi) is 8.94. The van der Waals surface area contributed by atoms with Gasteiger partial charge in [-0.15, -0.1) is 16.2 Å². The second-order valence-corrected chi connectivity index (χ2v) is 13.4. The Bertz CT molecular complexity index is 2130. The number of carbonyl (C=O) groups is 2. The normalized spacial score (nSPS) is 16.4. The van der Waals surface area contributed by atoms with Crippen molar-refractivity contribution < 1.29 is 28.2 Å². The first-order valence-corrected chi connectivity index (χ1v) is 16.6. The fourth-order valence-electron chi connectivity index (χ4n) is 6.06. The minimum Gasteiger partial charge on any atom is -0.434 e. The summed E-state index contributed by atoms with van der Waals surface area (Å²) in [5, 5.41) is 38.7. The number of nitroso groups, excluding NO2 is 1. The molecule has 5 heterocycles. The molecule has 2 amide bonds. The van der Waals surface area contributed by atoms with Crippen molar-refractivity contribution in [1.29, 1.82) is 5.26 Å². The van der Waals surface area contributed by atoms with Crippen LogP contribution in [0.25, 0.3) is 27.0 Å². The number of rotatable bonds is 12. The van der Waals surface area contributed by atoms with Gasteiger partial charge in [0.1, 0.15) is 18.0 Å². The Hall–Kier alpha value is -5.38. The molecule has 15 nitrogen and oxygen atoms in total. The SMILES string of the molecule is N#CC1(CNC2CCN(C(=O)Cn3cc(NC(O)c4cnn5cccnc45)c(-c4cc5sc(C(=O)N=O)cc5cc4OC(F)F)n3)CC2)CC1. The molecule has 1 aromatic carbocycles. The van der Waals surface area contributed by atoms with Crippen LogP contribution in [0, 0.1) is 21.7 Å². The first-order valence-electron chi connectivity index (χ1n) is 15.8. The zero-order valence-electron chi connectivity index (χ0n) is 26.3. The summed E-state index contributed by atoms with van der Waals surface area (Å²) < 4.78 is 35.5. The van der Waals surface area contributed by atoms with Gasteiger partial charge in [-0.3, -0.25) is 14.3 Å². The molecule has 4 aromatic heterocycles. The maximum atomic E-state index is 13.7. The average molecular weight is 705 g/mol. The van der Waals surface area contributed by atoms with Crippen LogP contribution < -0.4 is 15.4 Å². The quantitative estimate of drug-likeness (QED) is 0.124. The number of benzene rings is 1. The van der Waals surface area contributed by atoms with E-state index in [-0.39, 0.29) is 51.5 Å². The van der Waals surface area contributed by atoms with E-state index in [9.17, 15) is 33.6 Å². The zero-order valence-corrected chi connectivity index (χ0v) is 27.1. The van der Waals surface area contributed by atoms with Gasteiger partial charge in [0, 0.05) is 59.7 Å². The lowest BCUT2D eigenvalue weighted by Crippen LogP contribution is -2.46. The molecular formula is C32H30F2N10O5S. The number of ether oxygens (including phenoxy) is 1. The number of amides is 2. The maximum absolute atomic E-state index is 13.7. The van der Waals surface area contributed by atoms with Crippen LogP contribution in [0.15, 0.2) is 54.2 Å². The molecule has 1 unspecified atom stereocenters. The lowest BCUT2D eigenvalue weighted by atomic mass is 10.0. The number of piperidine rings is 1. The Morgan fingerprint density at radius 1 is 1.24 bits per heavy atom. The third kappa shape index (κ3) is 6.75. The molecule has 0 bridgehead atoms. The van der Waals surface area contributed by atoms with E-state index in [0.29, 0.717) is 40.9 Å². The number of aliphatic hydroxyl groups excluding tert-OH is 1. The number of carbonyl (C=O) groups excluding carboxylic acids is 2. The lowest BCUT2D eigenvalue weighted by Gasteiger charge is -2.33. The molecule has 1 aliphatic carbocycles. The standard InChI is InChI=1S/C32H30F2N10O5S/c33-31(34)49-23-10-18-11-25(30(47)41-48)50-24(18)12-20(23)27-22(39-29(46)21-13-38-44-7-1-6-36-28(21)44)14-43(40-27)15-26(45)42-8-2-19(3-9-42)37-17-32(16-35)4-5-32/h1,6-7,10-14,19,29,31,37,39,46H,2-5,8-9,15,17H2. The first kappa shape index (κ1) is 33.1. The highest BCUT2D eigenvalue weighted by Gasteiger charge is 2.43. The van der Waals surface area contributed by atoms with E-state index in [1.165, 1.54) is 39.8 Å². The van der Waals surface area contributed by atoms with E-state index in [2.05, 4.69) is 37.1 Å². The molecule has 1 aliphatic heterocycles. The van der Waals surface area contributed by atoms with Crippen molar-refractivity contribution in [3.05, 3.63) is 64.4 Å². The van der Waals surface area contributed by atoms with E-state index < -0.39 is 18.7 Å². The number of thiophene rings is 1. The second kappa shape index (κ2) is 13.5. The summed E-state index contributed by atoms with van der Waals surface area (Å²) in [6, 6.07) is 8.40. The van der Waals surface area contributed by atoms with Crippen LogP contribution in [0.1, 0.15) is 47.1 Å². The van der Waals surface area contributed by atoms with Crippen molar-refractivity contribution in [3.63, 3.8) is 0 Å². The van der Waals surface area contributed by atoms with Crippen LogP contribution in [0.2, 0.25) is 0 Å². The molecule has 18 heteroatoms. The summed E-state index contributed by atoms with van der Waals surface area (Å²) >= 11 is 0.940. The predicted molar refractivity (Wildman–Crippen MR) is 176 cm³/mol. The van der Waals surface area contributed by atoms with E-state index in [0.717, 1.165) is 37.0 Å². The maximum Gasteiger partial charge on any atom is 0.387 e. The van der Waals surface area contributed by atoms with Gasteiger partial charge in [-0.25, -0.2) is 9.50 Å². The summed E-state index contributed by atoms with van der Waals surface area (Å²) in [5.74, 6) is -1.50.